The Hall–Kier alpha value is -1.25. The largest absolute Gasteiger partial charge is 0.392 e. The van der Waals surface area contributed by atoms with Crippen LogP contribution in [0.5, 0.6) is 0 Å². The molecule has 1 fully saturated rings. The monoisotopic (exact) mass is 244 g/mol. The molecule has 3 N–H and O–H groups in total. The van der Waals surface area contributed by atoms with Gasteiger partial charge in [-0.05, 0) is 6.42 Å². The molecule has 0 saturated carbocycles. The van der Waals surface area contributed by atoms with E-state index >= 15 is 0 Å². The van der Waals surface area contributed by atoms with Crippen LogP contribution >= 0.6 is 0 Å². The highest BCUT2D eigenvalue weighted by atomic mass is 32.2. The van der Waals surface area contributed by atoms with Gasteiger partial charge < -0.3 is 10.8 Å². The van der Waals surface area contributed by atoms with Crippen LogP contribution in [-0.2, 0) is 10.0 Å². The number of rotatable bonds is 2. The third-order valence-corrected chi connectivity index (χ3v) is 4.23. The fourth-order valence-electron chi connectivity index (χ4n) is 1.54. The van der Waals surface area contributed by atoms with Gasteiger partial charge in [0.2, 0.25) is 16.0 Å². The van der Waals surface area contributed by atoms with E-state index in [9.17, 15) is 13.5 Å². The second kappa shape index (κ2) is 3.96. The number of anilines is 1. The maximum atomic E-state index is 12.0. The van der Waals surface area contributed by atoms with Crippen LogP contribution in [-0.4, -0.2) is 47.0 Å². The molecule has 0 radical (unpaired) electrons. The highest BCUT2D eigenvalue weighted by Crippen LogP contribution is 2.19. The highest BCUT2D eigenvalue weighted by molar-refractivity contribution is 7.89. The molecule has 1 aliphatic rings. The summed E-state index contributed by atoms with van der Waals surface area (Å²) in [4.78, 5) is 7.26. The van der Waals surface area contributed by atoms with Crippen LogP contribution in [0.4, 0.5) is 5.95 Å². The van der Waals surface area contributed by atoms with Crippen molar-refractivity contribution in [3.63, 3.8) is 0 Å². The first-order valence-corrected chi connectivity index (χ1v) is 6.20. The molecule has 0 aliphatic carbocycles. The van der Waals surface area contributed by atoms with E-state index in [1.165, 1.54) is 16.7 Å². The van der Waals surface area contributed by atoms with Gasteiger partial charge in [0.15, 0.2) is 0 Å². The van der Waals surface area contributed by atoms with Gasteiger partial charge in [0.25, 0.3) is 0 Å². The Balaban J connectivity index is 2.29. The van der Waals surface area contributed by atoms with E-state index in [4.69, 9.17) is 5.73 Å². The SMILES string of the molecule is Nc1ncc(S(=O)(=O)N2CCC(O)C2)cn1. The minimum atomic E-state index is -3.60. The first-order valence-electron chi connectivity index (χ1n) is 4.76. The Morgan fingerprint density at radius 2 is 2.06 bits per heavy atom. The maximum Gasteiger partial charge on any atom is 0.246 e. The van der Waals surface area contributed by atoms with Gasteiger partial charge in [-0.3, -0.25) is 0 Å². The number of nitrogens with zero attached hydrogens (tertiary/aromatic N) is 3. The molecular weight excluding hydrogens is 232 g/mol. The number of sulfonamides is 1. The van der Waals surface area contributed by atoms with Crippen molar-refractivity contribution in [1.29, 1.82) is 0 Å². The third-order valence-electron chi connectivity index (χ3n) is 2.41. The van der Waals surface area contributed by atoms with Gasteiger partial charge in [0.1, 0.15) is 4.90 Å². The van der Waals surface area contributed by atoms with Gasteiger partial charge in [0, 0.05) is 13.1 Å². The molecule has 8 heteroatoms. The zero-order chi connectivity index (χ0) is 11.8. The number of nitrogen functional groups attached to an aromatic ring is 1. The van der Waals surface area contributed by atoms with Crippen LogP contribution < -0.4 is 5.73 Å². The predicted molar refractivity (Wildman–Crippen MR) is 55.8 cm³/mol. The maximum absolute atomic E-state index is 12.0. The van der Waals surface area contributed by atoms with Crippen molar-refractivity contribution in [2.24, 2.45) is 0 Å². The first kappa shape index (κ1) is 11.2. The lowest BCUT2D eigenvalue weighted by atomic mass is 10.3. The number of hydrogen-bond acceptors (Lipinski definition) is 6. The summed E-state index contributed by atoms with van der Waals surface area (Å²) < 4.78 is 25.2. The van der Waals surface area contributed by atoms with Gasteiger partial charge in [-0.2, -0.15) is 4.31 Å². The van der Waals surface area contributed by atoms with E-state index in [2.05, 4.69) is 9.97 Å². The molecule has 2 rings (SSSR count). The molecule has 16 heavy (non-hydrogen) atoms. The van der Waals surface area contributed by atoms with Gasteiger partial charge in [-0.25, -0.2) is 18.4 Å². The summed E-state index contributed by atoms with van der Waals surface area (Å²) in [5.74, 6) is 0.0282. The summed E-state index contributed by atoms with van der Waals surface area (Å²) in [6, 6.07) is 0. The van der Waals surface area contributed by atoms with Crippen molar-refractivity contribution < 1.29 is 13.5 Å². The minimum absolute atomic E-state index is 0.00389. The second-order valence-electron chi connectivity index (χ2n) is 3.58. The zero-order valence-corrected chi connectivity index (χ0v) is 9.26. The van der Waals surface area contributed by atoms with E-state index in [1.54, 1.807) is 0 Å². The molecule has 1 atom stereocenters. The minimum Gasteiger partial charge on any atom is -0.392 e. The Labute approximate surface area is 93.0 Å². The van der Waals surface area contributed by atoms with Crippen LogP contribution in [0.3, 0.4) is 0 Å². The summed E-state index contributed by atoms with van der Waals surface area (Å²) >= 11 is 0. The molecule has 1 aromatic rings. The van der Waals surface area contributed by atoms with Gasteiger partial charge in [0.05, 0.1) is 18.5 Å². The lowest BCUT2D eigenvalue weighted by Gasteiger charge is -2.14. The fraction of sp³-hybridized carbons (Fsp3) is 0.500. The Kier molecular flexibility index (Phi) is 2.78. The molecule has 0 spiro atoms. The molecule has 0 aromatic carbocycles. The van der Waals surface area contributed by atoms with E-state index in [-0.39, 0.29) is 17.4 Å². The van der Waals surface area contributed by atoms with Crippen molar-refractivity contribution in [1.82, 2.24) is 14.3 Å². The Morgan fingerprint density at radius 1 is 1.44 bits per heavy atom. The lowest BCUT2D eigenvalue weighted by Crippen LogP contribution is -2.29. The van der Waals surface area contributed by atoms with E-state index in [1.807, 2.05) is 0 Å². The summed E-state index contributed by atoms with van der Waals surface area (Å²) in [5.41, 5.74) is 5.27. The van der Waals surface area contributed by atoms with Crippen molar-refractivity contribution in [2.45, 2.75) is 17.4 Å². The molecule has 1 aromatic heterocycles. The topological polar surface area (TPSA) is 109 Å². The van der Waals surface area contributed by atoms with Crippen LogP contribution in [0.2, 0.25) is 0 Å². The summed E-state index contributed by atoms with van der Waals surface area (Å²) in [7, 11) is -3.60. The molecule has 88 valence electrons. The Bertz CT molecular complexity index is 473. The van der Waals surface area contributed by atoms with Crippen LogP contribution in [0, 0.1) is 0 Å². The molecule has 7 nitrogen and oxygen atoms in total. The lowest BCUT2D eigenvalue weighted by molar-refractivity contribution is 0.189. The smallest absolute Gasteiger partial charge is 0.246 e. The number of β-amino-alcohol motifs (C(OH)–C–C–N with tert-alkyl or cyclic N) is 1. The van der Waals surface area contributed by atoms with Crippen molar-refractivity contribution in [2.75, 3.05) is 18.8 Å². The molecule has 1 saturated heterocycles. The summed E-state index contributed by atoms with van der Waals surface area (Å²) in [6.07, 6.45) is 2.20. The molecular formula is C8H12N4O3S. The summed E-state index contributed by atoms with van der Waals surface area (Å²) in [6.45, 7) is 0.431. The van der Waals surface area contributed by atoms with Gasteiger partial charge in [-0.1, -0.05) is 0 Å². The number of aliphatic hydroxyl groups is 1. The van der Waals surface area contributed by atoms with E-state index in [0.29, 0.717) is 13.0 Å². The van der Waals surface area contributed by atoms with Crippen LogP contribution in [0.1, 0.15) is 6.42 Å². The number of aromatic nitrogens is 2. The third kappa shape index (κ3) is 1.99. The quantitative estimate of drug-likeness (QED) is 0.677. The molecule has 2 heterocycles. The zero-order valence-electron chi connectivity index (χ0n) is 8.44. The average Bonchev–Trinajstić information content (AvgIpc) is 2.66. The number of aliphatic hydroxyl groups excluding tert-OH is 1. The highest BCUT2D eigenvalue weighted by Gasteiger charge is 2.31. The molecule has 1 aliphatic heterocycles. The van der Waals surface area contributed by atoms with Crippen LogP contribution in [0.15, 0.2) is 17.3 Å². The standard InChI is InChI=1S/C8H12N4O3S/c9-8-10-3-7(4-11-8)16(14,15)12-2-1-6(13)5-12/h3-4,6,13H,1-2,5H2,(H2,9,10,11). The second-order valence-corrected chi connectivity index (χ2v) is 5.52. The predicted octanol–water partition coefficient (Wildman–Crippen LogP) is -1.19. The fourth-order valence-corrected chi connectivity index (χ4v) is 2.92. The van der Waals surface area contributed by atoms with E-state index < -0.39 is 16.1 Å². The Morgan fingerprint density at radius 3 is 2.56 bits per heavy atom. The molecule has 1 unspecified atom stereocenters. The van der Waals surface area contributed by atoms with Gasteiger partial charge >= 0.3 is 0 Å². The number of nitrogens with two attached hydrogens (primary N) is 1. The molecule has 0 amide bonds. The van der Waals surface area contributed by atoms with Crippen LogP contribution in [0.25, 0.3) is 0 Å². The van der Waals surface area contributed by atoms with Crippen molar-refractivity contribution in [3.8, 4) is 0 Å². The van der Waals surface area contributed by atoms with Gasteiger partial charge in [-0.15, -0.1) is 0 Å². The summed E-state index contributed by atoms with van der Waals surface area (Å²) in [5, 5.41) is 9.30. The normalized spacial score (nSPS) is 22.4. The van der Waals surface area contributed by atoms with Crippen molar-refractivity contribution >= 4 is 16.0 Å². The van der Waals surface area contributed by atoms with Crippen molar-refractivity contribution in [3.05, 3.63) is 12.4 Å². The van der Waals surface area contributed by atoms with E-state index in [0.717, 1.165) is 0 Å². The molecule has 0 bridgehead atoms. The average molecular weight is 244 g/mol. The first-order chi connectivity index (χ1) is 7.50. The number of hydrogen-bond donors (Lipinski definition) is 2.